The summed E-state index contributed by atoms with van der Waals surface area (Å²) in [5.41, 5.74) is 0.992. The molecule has 0 amide bonds. The Kier molecular flexibility index (Phi) is 4.64. The summed E-state index contributed by atoms with van der Waals surface area (Å²) < 4.78 is 0.748. The Morgan fingerprint density at radius 3 is 2.57 bits per heavy atom. The van der Waals surface area contributed by atoms with Crippen LogP contribution in [0.2, 0.25) is 0 Å². The largest absolute Gasteiger partial charge is 0.478 e. The van der Waals surface area contributed by atoms with Crippen LogP contribution in [0.1, 0.15) is 15.9 Å². The number of aromatic carboxylic acids is 1. The van der Waals surface area contributed by atoms with Gasteiger partial charge >= 0.3 is 5.97 Å². The van der Waals surface area contributed by atoms with E-state index in [0.717, 1.165) is 10.0 Å². The van der Waals surface area contributed by atoms with Crippen molar-refractivity contribution in [2.24, 2.45) is 0 Å². The number of carbonyl (C=O) groups is 1. The first-order valence-electron chi connectivity index (χ1n) is 5.84. The number of halogens is 1. The van der Waals surface area contributed by atoms with E-state index in [1.165, 1.54) is 30.0 Å². The molecule has 0 heterocycles. The number of nitro groups is 1. The highest BCUT2D eigenvalue weighted by Gasteiger charge is 2.15. The SMILES string of the molecule is Cc1ccc([N+](=O)[O-])cc1Sc1cc(Br)ccc1C(=O)O. The molecule has 0 unspecified atom stereocenters. The third kappa shape index (κ3) is 3.62. The average Bonchev–Trinajstić information content (AvgIpc) is 2.40. The van der Waals surface area contributed by atoms with Crippen LogP contribution in [0.4, 0.5) is 5.69 Å². The summed E-state index contributed by atoms with van der Waals surface area (Å²) in [6.07, 6.45) is 0. The highest BCUT2D eigenvalue weighted by atomic mass is 79.9. The number of non-ortho nitro benzene ring substituents is 1. The van der Waals surface area contributed by atoms with Gasteiger partial charge < -0.3 is 5.11 Å². The predicted octanol–water partition coefficient (Wildman–Crippen LogP) is 4.52. The fourth-order valence-electron chi connectivity index (χ4n) is 1.69. The topological polar surface area (TPSA) is 80.4 Å². The molecule has 0 spiro atoms. The van der Waals surface area contributed by atoms with Crippen LogP contribution < -0.4 is 0 Å². The van der Waals surface area contributed by atoms with Crippen LogP contribution in [0.5, 0.6) is 0 Å². The monoisotopic (exact) mass is 367 g/mol. The Bertz CT molecular complexity index is 733. The van der Waals surface area contributed by atoms with Crippen LogP contribution in [0.3, 0.4) is 0 Å². The lowest BCUT2D eigenvalue weighted by atomic mass is 10.2. The van der Waals surface area contributed by atoms with Crippen molar-refractivity contribution in [2.45, 2.75) is 16.7 Å². The molecule has 0 bridgehead atoms. The van der Waals surface area contributed by atoms with E-state index < -0.39 is 10.9 Å². The maximum Gasteiger partial charge on any atom is 0.336 e. The molecule has 5 nitrogen and oxygen atoms in total. The molecule has 0 saturated carbocycles. The second-order valence-corrected chi connectivity index (χ2v) is 6.25. The zero-order chi connectivity index (χ0) is 15.6. The molecule has 0 aromatic heterocycles. The van der Waals surface area contributed by atoms with E-state index in [0.29, 0.717) is 9.79 Å². The molecular formula is C14H10BrNO4S. The number of hydrogen-bond donors (Lipinski definition) is 1. The molecule has 1 N–H and O–H groups in total. The Morgan fingerprint density at radius 1 is 1.24 bits per heavy atom. The maximum atomic E-state index is 11.2. The molecular weight excluding hydrogens is 358 g/mol. The van der Waals surface area contributed by atoms with Gasteiger partial charge in [-0.2, -0.15) is 0 Å². The number of nitro benzene ring substituents is 1. The first kappa shape index (κ1) is 15.5. The van der Waals surface area contributed by atoms with Gasteiger partial charge in [-0.05, 0) is 30.7 Å². The van der Waals surface area contributed by atoms with Gasteiger partial charge in [0.05, 0.1) is 10.5 Å². The molecule has 0 fully saturated rings. The molecule has 0 saturated heterocycles. The minimum atomic E-state index is -1.03. The van der Waals surface area contributed by atoms with Crippen molar-refractivity contribution in [1.82, 2.24) is 0 Å². The first-order valence-corrected chi connectivity index (χ1v) is 7.45. The van der Waals surface area contributed by atoms with Gasteiger partial charge in [0.25, 0.3) is 5.69 Å². The molecule has 0 aliphatic rings. The van der Waals surface area contributed by atoms with Crippen LogP contribution in [0.15, 0.2) is 50.7 Å². The minimum absolute atomic E-state index is 0.0185. The minimum Gasteiger partial charge on any atom is -0.478 e. The summed E-state index contributed by atoms with van der Waals surface area (Å²) in [5, 5.41) is 20.1. The standard InChI is InChI=1S/C14H10BrNO4S/c1-8-2-4-10(16(19)20)7-12(8)21-13-6-9(15)3-5-11(13)14(17)18/h2-7H,1H3,(H,17,18). The van der Waals surface area contributed by atoms with Gasteiger partial charge in [0.1, 0.15) is 0 Å². The van der Waals surface area contributed by atoms with E-state index in [1.54, 1.807) is 18.2 Å². The van der Waals surface area contributed by atoms with E-state index in [4.69, 9.17) is 0 Å². The van der Waals surface area contributed by atoms with Crippen molar-refractivity contribution < 1.29 is 14.8 Å². The number of hydrogen-bond acceptors (Lipinski definition) is 4. The third-order valence-electron chi connectivity index (χ3n) is 2.78. The molecule has 0 radical (unpaired) electrons. The van der Waals surface area contributed by atoms with E-state index in [2.05, 4.69) is 15.9 Å². The normalized spacial score (nSPS) is 10.4. The van der Waals surface area contributed by atoms with Crippen LogP contribution in [-0.2, 0) is 0 Å². The van der Waals surface area contributed by atoms with Crippen LogP contribution in [0, 0.1) is 17.0 Å². The number of nitrogens with zero attached hydrogens (tertiary/aromatic N) is 1. The zero-order valence-electron chi connectivity index (χ0n) is 10.9. The molecule has 0 aliphatic carbocycles. The number of benzene rings is 2. The summed E-state index contributed by atoms with van der Waals surface area (Å²) in [6, 6.07) is 9.37. The van der Waals surface area contributed by atoms with E-state index in [-0.39, 0.29) is 11.3 Å². The Labute approximate surface area is 133 Å². The summed E-state index contributed by atoms with van der Waals surface area (Å²) in [4.78, 5) is 22.8. The van der Waals surface area contributed by atoms with Crippen molar-refractivity contribution in [3.05, 3.63) is 62.1 Å². The highest BCUT2D eigenvalue weighted by molar-refractivity contribution is 9.10. The predicted molar refractivity (Wildman–Crippen MR) is 83.1 cm³/mol. The smallest absolute Gasteiger partial charge is 0.336 e. The maximum absolute atomic E-state index is 11.2. The summed E-state index contributed by atoms with van der Waals surface area (Å²) in [5.74, 6) is -1.03. The van der Waals surface area contributed by atoms with Crippen molar-refractivity contribution in [3.8, 4) is 0 Å². The second kappa shape index (κ2) is 6.28. The zero-order valence-corrected chi connectivity index (χ0v) is 13.3. The molecule has 2 aromatic carbocycles. The van der Waals surface area contributed by atoms with Crippen LogP contribution >= 0.6 is 27.7 Å². The molecule has 21 heavy (non-hydrogen) atoms. The van der Waals surface area contributed by atoms with Crippen molar-refractivity contribution in [1.29, 1.82) is 0 Å². The molecule has 108 valence electrons. The van der Waals surface area contributed by atoms with Gasteiger partial charge in [0.15, 0.2) is 0 Å². The van der Waals surface area contributed by atoms with Gasteiger partial charge in [0, 0.05) is 26.4 Å². The average molecular weight is 368 g/mol. The number of carboxylic acids is 1. The summed E-state index contributed by atoms with van der Waals surface area (Å²) in [7, 11) is 0. The number of carboxylic acid groups (broad SMARTS) is 1. The molecule has 2 rings (SSSR count). The molecule has 2 aromatic rings. The highest BCUT2D eigenvalue weighted by Crippen LogP contribution is 2.36. The van der Waals surface area contributed by atoms with Crippen molar-refractivity contribution in [2.75, 3.05) is 0 Å². The van der Waals surface area contributed by atoms with E-state index >= 15 is 0 Å². The summed E-state index contributed by atoms with van der Waals surface area (Å²) >= 11 is 4.50. The first-order chi connectivity index (χ1) is 9.88. The Morgan fingerprint density at radius 2 is 1.95 bits per heavy atom. The lowest BCUT2D eigenvalue weighted by molar-refractivity contribution is -0.385. The number of aryl methyl sites for hydroxylation is 1. The summed E-state index contributed by atoms with van der Waals surface area (Å²) in [6.45, 7) is 1.82. The lowest BCUT2D eigenvalue weighted by Crippen LogP contribution is -1.99. The van der Waals surface area contributed by atoms with Gasteiger partial charge in [-0.15, -0.1) is 0 Å². The van der Waals surface area contributed by atoms with Gasteiger partial charge in [-0.1, -0.05) is 33.8 Å². The van der Waals surface area contributed by atoms with Crippen molar-refractivity contribution >= 4 is 39.3 Å². The van der Waals surface area contributed by atoms with E-state index in [9.17, 15) is 20.0 Å². The van der Waals surface area contributed by atoms with Gasteiger partial charge in [-0.3, -0.25) is 10.1 Å². The Hall–Kier alpha value is -1.86. The van der Waals surface area contributed by atoms with Crippen LogP contribution in [-0.4, -0.2) is 16.0 Å². The quantitative estimate of drug-likeness (QED) is 0.634. The van der Waals surface area contributed by atoms with Gasteiger partial charge in [0.2, 0.25) is 0 Å². The van der Waals surface area contributed by atoms with E-state index in [1.807, 2.05) is 6.92 Å². The fraction of sp³-hybridized carbons (Fsp3) is 0.0714. The molecule has 0 aliphatic heterocycles. The Balaban J connectivity index is 2.47. The molecule has 7 heteroatoms. The number of rotatable bonds is 4. The van der Waals surface area contributed by atoms with Crippen molar-refractivity contribution in [3.63, 3.8) is 0 Å². The second-order valence-electron chi connectivity index (χ2n) is 4.25. The lowest BCUT2D eigenvalue weighted by Gasteiger charge is -2.09. The molecule has 0 atom stereocenters. The van der Waals surface area contributed by atoms with Gasteiger partial charge in [-0.25, -0.2) is 4.79 Å². The van der Waals surface area contributed by atoms with Crippen LogP contribution in [0.25, 0.3) is 0 Å². The fourth-order valence-corrected chi connectivity index (χ4v) is 3.30. The third-order valence-corrected chi connectivity index (χ3v) is 4.49.